The van der Waals surface area contributed by atoms with Gasteiger partial charge < -0.3 is 19.9 Å². The van der Waals surface area contributed by atoms with Gasteiger partial charge >= 0.3 is 0 Å². The van der Waals surface area contributed by atoms with E-state index >= 15 is 0 Å². The summed E-state index contributed by atoms with van der Waals surface area (Å²) in [7, 11) is 4.41. The van der Waals surface area contributed by atoms with Gasteiger partial charge in [0.15, 0.2) is 5.96 Å². The third-order valence-corrected chi connectivity index (χ3v) is 7.15. The molecule has 3 aliphatic heterocycles. The fourth-order valence-corrected chi connectivity index (χ4v) is 5.58. The molecule has 0 aromatic carbocycles. The van der Waals surface area contributed by atoms with Crippen LogP contribution in [-0.4, -0.2) is 110 Å². The largest absolute Gasteiger partial charge is 0.379 e. The van der Waals surface area contributed by atoms with Crippen molar-refractivity contribution in [3.05, 3.63) is 0 Å². The van der Waals surface area contributed by atoms with Gasteiger partial charge in [-0.1, -0.05) is 0 Å². The highest BCUT2D eigenvalue weighted by molar-refractivity contribution is 14.0. The smallest absolute Gasteiger partial charge is 0.194 e. The summed E-state index contributed by atoms with van der Waals surface area (Å²) in [5, 5.41) is 3.54. The molecule has 3 fully saturated rings. The fraction of sp³-hybridized carbons (Fsp3) is 0.944. The summed E-state index contributed by atoms with van der Waals surface area (Å²) in [6.07, 6.45) is 2.48. The number of thioether (sulfide) groups is 1. The van der Waals surface area contributed by atoms with Crippen molar-refractivity contribution < 1.29 is 4.74 Å². The highest BCUT2D eigenvalue weighted by Crippen LogP contribution is 2.32. The third kappa shape index (κ3) is 5.40. The number of morpholine rings is 1. The molecule has 3 aliphatic rings. The molecule has 8 heteroatoms. The van der Waals surface area contributed by atoms with E-state index in [1.807, 2.05) is 0 Å². The van der Waals surface area contributed by atoms with Crippen molar-refractivity contribution in [1.29, 1.82) is 0 Å². The second kappa shape index (κ2) is 10.7. The monoisotopic (exact) mass is 497 g/mol. The number of halogens is 1. The first-order valence-electron chi connectivity index (χ1n) is 9.75. The van der Waals surface area contributed by atoms with Gasteiger partial charge in [-0.25, -0.2) is 0 Å². The predicted molar refractivity (Wildman–Crippen MR) is 122 cm³/mol. The van der Waals surface area contributed by atoms with Crippen molar-refractivity contribution in [2.24, 2.45) is 4.99 Å². The van der Waals surface area contributed by atoms with E-state index in [0.29, 0.717) is 6.04 Å². The van der Waals surface area contributed by atoms with E-state index in [1.54, 1.807) is 0 Å². The highest BCUT2D eigenvalue weighted by Gasteiger charge is 2.37. The molecule has 0 saturated carbocycles. The number of guanidine groups is 1. The maximum atomic E-state index is 5.50. The number of likely N-dealkylation sites (N-methyl/N-ethyl adjacent to an activating group) is 1. The molecule has 0 aromatic heterocycles. The molecule has 0 aromatic rings. The Labute approximate surface area is 180 Å². The Morgan fingerprint density at radius 2 is 2.08 bits per heavy atom. The van der Waals surface area contributed by atoms with Crippen LogP contribution in [0.3, 0.4) is 0 Å². The molecule has 0 bridgehead atoms. The molecule has 3 saturated heterocycles. The van der Waals surface area contributed by atoms with E-state index in [4.69, 9.17) is 9.73 Å². The summed E-state index contributed by atoms with van der Waals surface area (Å²) in [4.78, 5) is 12.5. The SMILES string of the molecule is CCNC(=NCC1(N(C)C)CCSC1)N1CCC(N2CCOCC2)C1.I. The zero-order valence-electron chi connectivity index (χ0n) is 16.6. The lowest BCUT2D eigenvalue weighted by Crippen LogP contribution is -2.49. The maximum absolute atomic E-state index is 5.50. The number of nitrogens with zero attached hydrogens (tertiary/aromatic N) is 4. The molecule has 1 N–H and O–H groups in total. The summed E-state index contributed by atoms with van der Waals surface area (Å²) >= 11 is 2.06. The lowest BCUT2D eigenvalue weighted by molar-refractivity contribution is 0.0195. The van der Waals surface area contributed by atoms with Crippen LogP contribution < -0.4 is 5.32 Å². The quantitative estimate of drug-likeness (QED) is 0.352. The van der Waals surface area contributed by atoms with Crippen molar-refractivity contribution >= 4 is 41.7 Å². The number of nitrogens with one attached hydrogen (secondary N) is 1. The Balaban J connectivity index is 0.00000243. The topological polar surface area (TPSA) is 43.3 Å². The first kappa shape index (κ1) is 22.5. The molecular weight excluding hydrogens is 461 g/mol. The van der Waals surface area contributed by atoms with Crippen molar-refractivity contribution in [2.45, 2.75) is 31.3 Å². The van der Waals surface area contributed by atoms with Crippen molar-refractivity contribution in [2.75, 3.05) is 78.1 Å². The van der Waals surface area contributed by atoms with Crippen LogP contribution in [0.4, 0.5) is 0 Å². The molecule has 2 atom stereocenters. The second-order valence-electron chi connectivity index (χ2n) is 7.63. The van der Waals surface area contributed by atoms with Crippen LogP contribution in [0.25, 0.3) is 0 Å². The Morgan fingerprint density at radius 3 is 2.69 bits per heavy atom. The van der Waals surface area contributed by atoms with Gasteiger partial charge in [-0.15, -0.1) is 24.0 Å². The summed E-state index contributed by atoms with van der Waals surface area (Å²) in [5.41, 5.74) is 0.231. The van der Waals surface area contributed by atoms with Crippen LogP contribution in [0.15, 0.2) is 4.99 Å². The Bertz CT molecular complexity index is 453. The molecule has 0 spiro atoms. The lowest BCUT2D eigenvalue weighted by atomic mass is 9.98. The molecular formula is C18H36IN5OS. The standard InChI is InChI=1S/C18H35N5OS.HI/c1-4-19-17(20-14-18(21(2)3)6-12-25-15-18)23-7-5-16(13-23)22-8-10-24-11-9-22;/h16H,4-15H2,1-3H3,(H,19,20);1H. The predicted octanol–water partition coefficient (Wildman–Crippen LogP) is 1.41. The number of likely N-dealkylation sites (tertiary alicyclic amines) is 1. The van der Waals surface area contributed by atoms with E-state index in [1.165, 1.54) is 24.3 Å². The molecule has 6 nitrogen and oxygen atoms in total. The van der Waals surface area contributed by atoms with E-state index < -0.39 is 0 Å². The fourth-order valence-electron chi connectivity index (χ4n) is 4.04. The van der Waals surface area contributed by atoms with Crippen LogP contribution in [-0.2, 0) is 4.74 Å². The average molecular weight is 497 g/mol. The molecule has 0 radical (unpaired) electrons. The molecule has 0 amide bonds. The first-order chi connectivity index (χ1) is 12.1. The van der Waals surface area contributed by atoms with Crippen LogP contribution in [0.5, 0.6) is 0 Å². The Hall–Kier alpha value is 0.230. The van der Waals surface area contributed by atoms with Gasteiger partial charge in [-0.05, 0) is 39.6 Å². The van der Waals surface area contributed by atoms with Gasteiger partial charge in [-0.2, -0.15) is 11.8 Å². The molecule has 0 aliphatic carbocycles. The minimum atomic E-state index is 0. The summed E-state index contributed by atoms with van der Waals surface area (Å²) in [6.45, 7) is 10.1. The summed E-state index contributed by atoms with van der Waals surface area (Å²) < 4.78 is 5.50. The van der Waals surface area contributed by atoms with Gasteiger partial charge in [0.25, 0.3) is 0 Å². The zero-order valence-corrected chi connectivity index (χ0v) is 19.7. The molecule has 2 unspecified atom stereocenters. The van der Waals surface area contributed by atoms with E-state index in [9.17, 15) is 0 Å². The minimum Gasteiger partial charge on any atom is -0.379 e. The van der Waals surface area contributed by atoms with Crippen LogP contribution >= 0.6 is 35.7 Å². The van der Waals surface area contributed by atoms with E-state index in [2.05, 4.69) is 52.8 Å². The van der Waals surface area contributed by atoms with Crippen LogP contribution in [0.1, 0.15) is 19.8 Å². The van der Waals surface area contributed by atoms with Crippen LogP contribution in [0, 0.1) is 0 Å². The highest BCUT2D eigenvalue weighted by atomic mass is 127. The Kier molecular flexibility index (Phi) is 9.26. The van der Waals surface area contributed by atoms with Crippen molar-refractivity contribution in [1.82, 2.24) is 20.0 Å². The average Bonchev–Trinajstić information content (AvgIpc) is 3.30. The summed E-state index contributed by atoms with van der Waals surface area (Å²) in [6, 6.07) is 0.651. The Morgan fingerprint density at radius 1 is 1.31 bits per heavy atom. The number of aliphatic imine (C=N–C) groups is 1. The number of hydrogen-bond donors (Lipinski definition) is 1. The molecule has 26 heavy (non-hydrogen) atoms. The van der Waals surface area contributed by atoms with Crippen molar-refractivity contribution in [3.8, 4) is 0 Å². The van der Waals surface area contributed by atoms with Gasteiger partial charge in [0.2, 0.25) is 0 Å². The molecule has 3 rings (SSSR count). The molecule has 152 valence electrons. The van der Waals surface area contributed by atoms with E-state index in [-0.39, 0.29) is 29.5 Å². The first-order valence-corrected chi connectivity index (χ1v) is 10.9. The summed E-state index contributed by atoms with van der Waals surface area (Å²) in [5.74, 6) is 3.56. The second-order valence-corrected chi connectivity index (χ2v) is 8.73. The minimum absolute atomic E-state index is 0. The number of hydrogen-bond acceptors (Lipinski definition) is 5. The van der Waals surface area contributed by atoms with Crippen molar-refractivity contribution in [3.63, 3.8) is 0 Å². The van der Waals surface area contributed by atoms with Gasteiger partial charge in [0, 0.05) is 50.1 Å². The molecule has 3 heterocycles. The lowest BCUT2D eigenvalue weighted by Gasteiger charge is -2.35. The normalized spacial score (nSPS) is 30.7. The zero-order chi connectivity index (χ0) is 17.7. The number of ether oxygens (including phenoxy) is 1. The number of rotatable bonds is 5. The van der Waals surface area contributed by atoms with Gasteiger partial charge in [0.05, 0.1) is 19.8 Å². The maximum Gasteiger partial charge on any atom is 0.194 e. The third-order valence-electron chi connectivity index (χ3n) is 5.91. The van der Waals surface area contributed by atoms with Crippen LogP contribution in [0.2, 0.25) is 0 Å². The van der Waals surface area contributed by atoms with E-state index in [0.717, 1.165) is 58.4 Å². The van der Waals surface area contributed by atoms with Gasteiger partial charge in [0.1, 0.15) is 0 Å². The van der Waals surface area contributed by atoms with Gasteiger partial charge in [-0.3, -0.25) is 9.89 Å².